The molecule has 100 valence electrons. The van der Waals surface area contributed by atoms with E-state index in [1.54, 1.807) is 0 Å². The second kappa shape index (κ2) is 6.04. The van der Waals surface area contributed by atoms with Crippen molar-refractivity contribution in [3.8, 4) is 5.88 Å². The molecule has 0 fully saturated rings. The number of carbonyl (C=O) groups is 2. The fourth-order valence-electron chi connectivity index (χ4n) is 1.47. The predicted octanol–water partition coefficient (Wildman–Crippen LogP) is 1.05. The van der Waals surface area contributed by atoms with Crippen LogP contribution in [0.25, 0.3) is 0 Å². The third-order valence-electron chi connectivity index (χ3n) is 2.28. The van der Waals surface area contributed by atoms with Gasteiger partial charge in [0, 0.05) is 6.07 Å². The van der Waals surface area contributed by atoms with E-state index in [9.17, 15) is 9.59 Å². The summed E-state index contributed by atoms with van der Waals surface area (Å²) in [5.74, 6) is -1.87. The third kappa shape index (κ3) is 3.47. The van der Waals surface area contributed by atoms with Crippen molar-refractivity contribution in [1.82, 2.24) is 5.16 Å². The highest BCUT2D eigenvalue weighted by Gasteiger charge is 2.29. The van der Waals surface area contributed by atoms with Gasteiger partial charge in [0.2, 0.25) is 0 Å². The molecule has 1 aromatic rings. The number of aliphatic carboxylic acids is 1. The van der Waals surface area contributed by atoms with E-state index in [2.05, 4.69) is 9.89 Å². The van der Waals surface area contributed by atoms with E-state index in [0.717, 1.165) is 0 Å². The Bertz CT molecular complexity index is 425. The Morgan fingerprint density at radius 2 is 2.17 bits per heavy atom. The van der Waals surface area contributed by atoms with Gasteiger partial charge in [0.05, 0.1) is 7.11 Å². The first-order chi connectivity index (χ1) is 8.45. The number of esters is 1. The van der Waals surface area contributed by atoms with Gasteiger partial charge in [-0.15, -0.1) is 0 Å². The second-order valence-electron chi connectivity index (χ2n) is 3.99. The Balaban J connectivity index is 2.81. The topological polar surface area (TPSA) is 98.9 Å². The maximum Gasteiger partial charge on any atom is 0.341 e. The molecule has 1 aromatic heterocycles. The Morgan fingerprint density at radius 3 is 2.67 bits per heavy atom. The Morgan fingerprint density at radius 1 is 1.50 bits per heavy atom. The summed E-state index contributed by atoms with van der Waals surface area (Å²) in [4.78, 5) is 21.9. The zero-order chi connectivity index (χ0) is 13.7. The van der Waals surface area contributed by atoms with Gasteiger partial charge in [-0.3, -0.25) is 4.79 Å². The van der Waals surface area contributed by atoms with Crippen LogP contribution in [-0.4, -0.2) is 35.9 Å². The molecule has 7 nitrogen and oxygen atoms in total. The highest BCUT2D eigenvalue weighted by molar-refractivity contribution is 5.77. The molecular weight excluding hydrogens is 242 g/mol. The van der Waals surface area contributed by atoms with Gasteiger partial charge in [0.1, 0.15) is 5.92 Å². The highest BCUT2D eigenvalue weighted by Crippen LogP contribution is 2.28. The van der Waals surface area contributed by atoms with Crippen molar-refractivity contribution in [2.24, 2.45) is 5.92 Å². The highest BCUT2D eigenvalue weighted by atomic mass is 16.6. The smallest absolute Gasteiger partial charge is 0.341 e. The van der Waals surface area contributed by atoms with Crippen LogP contribution in [0.2, 0.25) is 0 Å². The van der Waals surface area contributed by atoms with Crippen LogP contribution < -0.4 is 4.74 Å². The molecule has 0 radical (unpaired) electrons. The first-order valence-corrected chi connectivity index (χ1v) is 5.34. The molecule has 18 heavy (non-hydrogen) atoms. The lowest BCUT2D eigenvalue weighted by Crippen LogP contribution is -2.19. The van der Waals surface area contributed by atoms with Crippen LogP contribution in [0.1, 0.15) is 25.5 Å². The van der Waals surface area contributed by atoms with Gasteiger partial charge in [-0.05, 0) is 11.1 Å². The van der Waals surface area contributed by atoms with Gasteiger partial charge in [-0.25, -0.2) is 4.79 Å². The summed E-state index contributed by atoms with van der Waals surface area (Å²) in [5.41, 5.74) is 0. The van der Waals surface area contributed by atoms with Crippen molar-refractivity contribution in [3.05, 3.63) is 11.8 Å². The number of nitrogens with zero attached hydrogens (tertiary/aromatic N) is 1. The molecule has 0 amide bonds. The maximum atomic E-state index is 11.6. The molecule has 0 aliphatic heterocycles. The minimum absolute atomic E-state index is 0.0296. The molecule has 1 rings (SSSR count). The molecule has 0 aliphatic rings. The summed E-state index contributed by atoms with van der Waals surface area (Å²) < 4.78 is 14.5. The minimum atomic E-state index is -1.12. The van der Waals surface area contributed by atoms with Gasteiger partial charge in [-0.1, -0.05) is 13.8 Å². The predicted molar refractivity (Wildman–Crippen MR) is 59.2 cm³/mol. The summed E-state index contributed by atoms with van der Waals surface area (Å²) in [5, 5.41) is 12.0. The number of ether oxygens (including phenoxy) is 2. The third-order valence-corrected chi connectivity index (χ3v) is 2.28. The summed E-state index contributed by atoms with van der Waals surface area (Å²) in [6, 6.07) is 1.39. The van der Waals surface area contributed by atoms with Crippen LogP contribution in [-0.2, 0) is 14.3 Å². The molecule has 1 atom stereocenters. The van der Waals surface area contributed by atoms with Crippen molar-refractivity contribution in [2.45, 2.75) is 19.8 Å². The average molecular weight is 257 g/mol. The summed E-state index contributed by atoms with van der Waals surface area (Å²) in [6.45, 7) is 3.15. The summed E-state index contributed by atoms with van der Waals surface area (Å²) in [6.07, 6.45) is 0. The van der Waals surface area contributed by atoms with E-state index in [-0.39, 0.29) is 17.6 Å². The number of methoxy groups -OCH3 is 1. The van der Waals surface area contributed by atoms with Crippen LogP contribution in [0.5, 0.6) is 5.88 Å². The molecule has 0 spiro atoms. The molecule has 7 heteroatoms. The largest absolute Gasteiger partial charge is 0.479 e. The van der Waals surface area contributed by atoms with E-state index in [0.29, 0.717) is 0 Å². The van der Waals surface area contributed by atoms with E-state index >= 15 is 0 Å². The average Bonchev–Trinajstić information content (AvgIpc) is 2.74. The number of hydrogen-bond donors (Lipinski definition) is 1. The fourth-order valence-corrected chi connectivity index (χ4v) is 1.47. The number of carboxylic acid groups (broad SMARTS) is 1. The molecular formula is C11H15NO6. The second-order valence-corrected chi connectivity index (χ2v) is 3.99. The van der Waals surface area contributed by atoms with Crippen LogP contribution in [0.4, 0.5) is 0 Å². The monoisotopic (exact) mass is 257 g/mol. The number of carbonyl (C=O) groups excluding carboxylic acids is 1. The number of aromatic nitrogens is 1. The van der Waals surface area contributed by atoms with Crippen molar-refractivity contribution in [3.63, 3.8) is 0 Å². The lowest BCUT2D eigenvalue weighted by molar-refractivity contribution is -0.144. The van der Waals surface area contributed by atoms with Crippen molar-refractivity contribution in [1.29, 1.82) is 0 Å². The first-order valence-electron chi connectivity index (χ1n) is 5.34. The number of carboxylic acids is 1. The Kier molecular flexibility index (Phi) is 4.70. The van der Waals surface area contributed by atoms with E-state index in [4.69, 9.17) is 14.4 Å². The lowest BCUT2D eigenvalue weighted by atomic mass is 9.93. The van der Waals surface area contributed by atoms with Gasteiger partial charge in [0.25, 0.3) is 5.88 Å². The first kappa shape index (κ1) is 14.0. The van der Waals surface area contributed by atoms with Crippen LogP contribution in [0.3, 0.4) is 0 Å². The molecule has 0 saturated heterocycles. The molecule has 1 heterocycles. The Hall–Kier alpha value is -2.05. The van der Waals surface area contributed by atoms with Crippen molar-refractivity contribution >= 4 is 11.9 Å². The molecule has 0 bridgehead atoms. The minimum Gasteiger partial charge on any atom is -0.479 e. The molecule has 0 aromatic carbocycles. The van der Waals surface area contributed by atoms with Crippen molar-refractivity contribution in [2.75, 3.05) is 13.7 Å². The van der Waals surface area contributed by atoms with Crippen LogP contribution in [0, 0.1) is 5.92 Å². The molecule has 1 unspecified atom stereocenters. The van der Waals surface area contributed by atoms with Crippen molar-refractivity contribution < 1.29 is 28.7 Å². The molecule has 1 N–H and O–H groups in total. The van der Waals surface area contributed by atoms with E-state index in [1.165, 1.54) is 13.2 Å². The van der Waals surface area contributed by atoms with E-state index < -0.39 is 24.5 Å². The standard InChI is InChI=1S/C11H15NO6/c1-6(2)10(11(15)16-3)7-4-8(12-18-7)17-5-9(13)14/h4,6,10H,5H2,1-3H3,(H,13,14). The molecule has 0 saturated carbocycles. The fraction of sp³-hybridized carbons (Fsp3) is 0.545. The SMILES string of the molecule is COC(=O)C(c1cc(OCC(=O)O)no1)C(C)C. The normalized spacial score (nSPS) is 12.2. The number of hydrogen-bond acceptors (Lipinski definition) is 6. The van der Waals surface area contributed by atoms with Gasteiger partial charge in [-0.2, -0.15) is 0 Å². The zero-order valence-electron chi connectivity index (χ0n) is 10.4. The molecule has 0 aliphatic carbocycles. The number of rotatable bonds is 6. The summed E-state index contributed by atoms with van der Waals surface area (Å²) >= 11 is 0. The maximum absolute atomic E-state index is 11.6. The lowest BCUT2D eigenvalue weighted by Gasteiger charge is -2.14. The van der Waals surface area contributed by atoms with Crippen LogP contribution >= 0.6 is 0 Å². The van der Waals surface area contributed by atoms with E-state index in [1.807, 2.05) is 13.8 Å². The van der Waals surface area contributed by atoms with Gasteiger partial charge in [0.15, 0.2) is 12.4 Å². The zero-order valence-corrected chi connectivity index (χ0v) is 10.4. The van der Waals surface area contributed by atoms with Gasteiger partial charge >= 0.3 is 11.9 Å². The quantitative estimate of drug-likeness (QED) is 0.760. The van der Waals surface area contributed by atoms with Gasteiger partial charge < -0.3 is 19.1 Å². The Labute approximate surface area is 104 Å². The van der Waals surface area contributed by atoms with Crippen LogP contribution in [0.15, 0.2) is 10.6 Å². The summed E-state index contributed by atoms with van der Waals surface area (Å²) in [7, 11) is 1.29.